The number of nitrogens with zero attached hydrogens (tertiary/aromatic N) is 5. The van der Waals surface area contributed by atoms with Gasteiger partial charge < -0.3 is 20.1 Å². The number of aryl methyl sites for hydroxylation is 2. The van der Waals surface area contributed by atoms with Crippen LogP contribution in [0.2, 0.25) is 5.02 Å². The van der Waals surface area contributed by atoms with Crippen molar-refractivity contribution >= 4 is 35.5 Å². The number of carbonyl (C=O) groups excluding carboxylic acids is 2. The first kappa shape index (κ1) is 27.6. The van der Waals surface area contributed by atoms with E-state index in [4.69, 9.17) is 22.1 Å². The summed E-state index contributed by atoms with van der Waals surface area (Å²) in [5, 5.41) is 5.00. The van der Waals surface area contributed by atoms with Crippen molar-refractivity contribution in [2.75, 3.05) is 30.4 Å². The van der Waals surface area contributed by atoms with Gasteiger partial charge in [0.15, 0.2) is 0 Å². The molecule has 0 unspecified atom stereocenters. The zero-order valence-corrected chi connectivity index (χ0v) is 21.4. The first-order valence-corrected chi connectivity index (χ1v) is 11.7. The second-order valence-electron chi connectivity index (χ2n) is 6.94. The van der Waals surface area contributed by atoms with Gasteiger partial charge in [-0.1, -0.05) is 31.5 Å². The number of amides is 1. The SMILES string of the molecule is CC.CCOC=O.CCn1cc(-c2ccc(N3CCOc4ncnc(N)c4C3=O)cc2Cl)c(C)n1. The number of hydrogen-bond donors (Lipinski definition) is 1. The van der Waals surface area contributed by atoms with Crippen LogP contribution in [-0.2, 0) is 16.1 Å². The van der Waals surface area contributed by atoms with Gasteiger partial charge in [0.1, 0.15) is 24.3 Å². The fraction of sp³-hybridized carbons (Fsp3) is 0.375. The first-order valence-electron chi connectivity index (χ1n) is 11.4. The zero-order chi connectivity index (χ0) is 26.0. The van der Waals surface area contributed by atoms with E-state index >= 15 is 0 Å². The van der Waals surface area contributed by atoms with E-state index in [1.807, 2.05) is 50.7 Å². The number of carbonyl (C=O) groups is 2. The average Bonchev–Trinajstić information content (AvgIpc) is 3.14. The second kappa shape index (κ2) is 13.3. The van der Waals surface area contributed by atoms with Crippen LogP contribution in [0.5, 0.6) is 5.88 Å². The minimum Gasteiger partial charge on any atom is -0.475 e. The molecule has 188 valence electrons. The van der Waals surface area contributed by atoms with Crippen LogP contribution in [0.3, 0.4) is 0 Å². The molecule has 0 aliphatic carbocycles. The predicted octanol–water partition coefficient (Wildman–Crippen LogP) is 4.15. The van der Waals surface area contributed by atoms with Crippen LogP contribution < -0.4 is 15.4 Å². The number of nitrogen functional groups attached to an aromatic ring is 1. The molecule has 0 saturated carbocycles. The Morgan fingerprint density at radius 1 is 1.23 bits per heavy atom. The highest BCUT2D eigenvalue weighted by Gasteiger charge is 2.29. The predicted molar refractivity (Wildman–Crippen MR) is 136 cm³/mol. The van der Waals surface area contributed by atoms with Gasteiger partial charge in [-0.15, -0.1) is 0 Å². The van der Waals surface area contributed by atoms with Crippen molar-refractivity contribution in [3.8, 4) is 17.0 Å². The number of fused-ring (bicyclic) bond motifs is 1. The van der Waals surface area contributed by atoms with E-state index in [9.17, 15) is 9.59 Å². The monoisotopic (exact) mass is 502 g/mol. The van der Waals surface area contributed by atoms with Crippen LogP contribution in [0.25, 0.3) is 11.1 Å². The molecule has 1 amide bonds. The van der Waals surface area contributed by atoms with Gasteiger partial charge in [0.05, 0.1) is 23.9 Å². The summed E-state index contributed by atoms with van der Waals surface area (Å²) in [7, 11) is 0. The fourth-order valence-electron chi connectivity index (χ4n) is 3.31. The standard InChI is InChI=1S/C19H19ClN6O2.C3H6O2.C2H6/c1-3-25-9-14(11(2)24-25)13-5-4-12(8-15(13)20)26-6-7-28-18-16(19(26)27)17(21)22-10-23-18;1-2-5-3-4;1-2/h4-5,8-10H,3,6-7H2,1-2H3,(H2,21,22,23);3H,2H2,1H3;1-2H3. The Hall–Kier alpha value is -3.66. The lowest BCUT2D eigenvalue weighted by Gasteiger charge is -2.21. The topological polar surface area (TPSA) is 125 Å². The van der Waals surface area contributed by atoms with Crippen molar-refractivity contribution in [1.29, 1.82) is 0 Å². The molecule has 0 saturated heterocycles. The van der Waals surface area contributed by atoms with Crippen LogP contribution in [0, 0.1) is 6.92 Å². The van der Waals surface area contributed by atoms with Crippen LogP contribution in [-0.4, -0.2) is 51.9 Å². The molecule has 1 aliphatic rings. The minimum atomic E-state index is -0.315. The third kappa shape index (κ3) is 6.48. The summed E-state index contributed by atoms with van der Waals surface area (Å²) in [6.45, 7) is 12.1. The Bertz CT molecular complexity index is 1150. The van der Waals surface area contributed by atoms with E-state index in [1.54, 1.807) is 17.9 Å². The van der Waals surface area contributed by atoms with Crippen molar-refractivity contribution in [1.82, 2.24) is 19.7 Å². The number of anilines is 2. The maximum absolute atomic E-state index is 13.1. The van der Waals surface area contributed by atoms with Gasteiger partial charge in [-0.2, -0.15) is 5.10 Å². The highest BCUT2D eigenvalue weighted by molar-refractivity contribution is 6.33. The third-order valence-corrected chi connectivity index (χ3v) is 5.23. The molecule has 11 heteroatoms. The molecule has 2 N–H and O–H groups in total. The number of ether oxygens (including phenoxy) is 2. The summed E-state index contributed by atoms with van der Waals surface area (Å²) in [5.74, 6) is -0.0260. The largest absolute Gasteiger partial charge is 0.475 e. The first-order chi connectivity index (χ1) is 16.9. The lowest BCUT2D eigenvalue weighted by molar-refractivity contribution is -0.128. The summed E-state index contributed by atoms with van der Waals surface area (Å²) >= 11 is 6.57. The third-order valence-electron chi connectivity index (χ3n) is 4.91. The quantitative estimate of drug-likeness (QED) is 0.516. The van der Waals surface area contributed by atoms with Crippen molar-refractivity contribution in [3.63, 3.8) is 0 Å². The Morgan fingerprint density at radius 3 is 2.54 bits per heavy atom. The summed E-state index contributed by atoms with van der Waals surface area (Å²) in [5.41, 5.74) is 9.44. The Kier molecular flexibility index (Phi) is 10.5. The summed E-state index contributed by atoms with van der Waals surface area (Å²) < 4.78 is 11.6. The molecule has 3 aromatic rings. The molecule has 3 heterocycles. The molecule has 0 fully saturated rings. The molecule has 1 aromatic carbocycles. The summed E-state index contributed by atoms with van der Waals surface area (Å²) in [6, 6.07) is 5.52. The molecular formula is C24H31ClN6O4. The fourth-order valence-corrected chi connectivity index (χ4v) is 3.59. The summed E-state index contributed by atoms with van der Waals surface area (Å²) in [4.78, 5) is 31.7. The van der Waals surface area contributed by atoms with E-state index in [0.29, 0.717) is 30.3 Å². The smallest absolute Gasteiger partial charge is 0.293 e. The van der Waals surface area contributed by atoms with Gasteiger partial charge in [0.2, 0.25) is 5.88 Å². The van der Waals surface area contributed by atoms with E-state index in [-0.39, 0.29) is 29.8 Å². The van der Waals surface area contributed by atoms with Crippen LogP contribution in [0.15, 0.2) is 30.7 Å². The van der Waals surface area contributed by atoms with Crippen LogP contribution >= 0.6 is 11.6 Å². The molecule has 10 nitrogen and oxygen atoms in total. The molecule has 0 spiro atoms. The Labute approximate surface area is 210 Å². The number of aromatic nitrogens is 4. The molecule has 1 aliphatic heterocycles. The number of nitrogens with two attached hydrogens (primary N) is 1. The number of hydrogen-bond acceptors (Lipinski definition) is 8. The molecule has 0 radical (unpaired) electrons. The van der Waals surface area contributed by atoms with Crippen molar-refractivity contribution in [2.45, 2.75) is 41.2 Å². The van der Waals surface area contributed by atoms with Gasteiger partial charge in [-0.25, -0.2) is 9.97 Å². The van der Waals surface area contributed by atoms with Gasteiger partial charge in [-0.05, 0) is 32.9 Å². The van der Waals surface area contributed by atoms with Crippen molar-refractivity contribution < 1.29 is 19.1 Å². The molecule has 0 bridgehead atoms. The van der Waals surface area contributed by atoms with E-state index in [1.165, 1.54) is 6.33 Å². The maximum Gasteiger partial charge on any atom is 0.293 e. The van der Waals surface area contributed by atoms with Gasteiger partial charge in [-0.3, -0.25) is 14.3 Å². The highest BCUT2D eigenvalue weighted by atomic mass is 35.5. The molecule has 0 atom stereocenters. The van der Waals surface area contributed by atoms with Crippen LogP contribution in [0.1, 0.15) is 43.7 Å². The van der Waals surface area contributed by atoms with Crippen molar-refractivity contribution in [3.05, 3.63) is 47.0 Å². The van der Waals surface area contributed by atoms with Gasteiger partial charge in [0, 0.05) is 29.6 Å². The summed E-state index contributed by atoms with van der Waals surface area (Å²) in [6.07, 6.45) is 3.25. The van der Waals surface area contributed by atoms with Gasteiger partial charge in [0.25, 0.3) is 12.4 Å². The number of halogens is 1. The molecule has 2 aromatic heterocycles. The molecular weight excluding hydrogens is 472 g/mol. The lowest BCUT2D eigenvalue weighted by atomic mass is 10.1. The average molecular weight is 503 g/mol. The maximum atomic E-state index is 13.1. The highest BCUT2D eigenvalue weighted by Crippen LogP contribution is 2.35. The Balaban J connectivity index is 0.000000551. The van der Waals surface area contributed by atoms with Crippen LogP contribution in [0.4, 0.5) is 11.5 Å². The number of benzene rings is 1. The molecule has 4 rings (SSSR count). The van der Waals surface area contributed by atoms with Gasteiger partial charge >= 0.3 is 0 Å². The van der Waals surface area contributed by atoms with E-state index < -0.39 is 0 Å². The number of rotatable bonds is 5. The Morgan fingerprint density at radius 2 is 1.97 bits per heavy atom. The lowest BCUT2D eigenvalue weighted by Crippen LogP contribution is -2.32. The zero-order valence-electron chi connectivity index (χ0n) is 20.6. The van der Waals surface area contributed by atoms with Crippen molar-refractivity contribution in [2.24, 2.45) is 0 Å². The van der Waals surface area contributed by atoms with E-state index in [0.717, 1.165) is 23.4 Å². The minimum absolute atomic E-state index is 0.0900. The second-order valence-corrected chi connectivity index (χ2v) is 7.35. The normalized spacial score (nSPS) is 12.2. The molecule has 35 heavy (non-hydrogen) atoms. The van der Waals surface area contributed by atoms with E-state index in [2.05, 4.69) is 19.8 Å².